The number of carbonyl (C=O) groups is 3. The lowest BCUT2D eigenvalue weighted by Gasteiger charge is -2.27. The predicted octanol–water partition coefficient (Wildman–Crippen LogP) is 2.52. The van der Waals surface area contributed by atoms with Crippen molar-refractivity contribution in [2.75, 3.05) is 18.5 Å². The zero-order valence-electron chi connectivity index (χ0n) is 16.0. The molecule has 2 aromatic carbocycles. The van der Waals surface area contributed by atoms with Crippen molar-refractivity contribution >= 4 is 46.8 Å². The van der Waals surface area contributed by atoms with E-state index in [0.717, 1.165) is 0 Å². The van der Waals surface area contributed by atoms with E-state index in [-0.39, 0.29) is 29.7 Å². The summed E-state index contributed by atoms with van der Waals surface area (Å²) >= 11 is 5.02. The van der Waals surface area contributed by atoms with Gasteiger partial charge in [-0.25, -0.2) is 0 Å². The summed E-state index contributed by atoms with van der Waals surface area (Å²) in [5.41, 5.74) is 1.29. The summed E-state index contributed by atoms with van der Waals surface area (Å²) in [6, 6.07) is 15.7. The summed E-state index contributed by atoms with van der Waals surface area (Å²) in [4.78, 5) is 37.9. The average molecular weight is 421 g/mol. The van der Waals surface area contributed by atoms with Gasteiger partial charge in [-0.1, -0.05) is 36.4 Å². The van der Waals surface area contributed by atoms with Crippen LogP contribution in [0.3, 0.4) is 0 Å². The molecule has 0 bridgehead atoms. The minimum absolute atomic E-state index is 0.0265. The van der Waals surface area contributed by atoms with Gasteiger partial charge in [-0.05, 0) is 48.1 Å². The molecule has 0 aliphatic carbocycles. The van der Waals surface area contributed by atoms with E-state index >= 15 is 0 Å². The van der Waals surface area contributed by atoms with Crippen LogP contribution in [0.5, 0.6) is 5.75 Å². The van der Waals surface area contributed by atoms with Crippen molar-refractivity contribution in [2.24, 2.45) is 0 Å². The Morgan fingerprint density at radius 1 is 1.13 bits per heavy atom. The predicted molar refractivity (Wildman–Crippen MR) is 118 cm³/mol. The molecular formula is C22H19N3O4S. The lowest BCUT2D eigenvalue weighted by Crippen LogP contribution is -2.53. The molecule has 0 atom stereocenters. The van der Waals surface area contributed by atoms with Gasteiger partial charge >= 0.3 is 0 Å². The minimum atomic E-state index is -0.553. The first-order valence-electron chi connectivity index (χ1n) is 9.05. The van der Waals surface area contributed by atoms with Crippen molar-refractivity contribution in [2.45, 2.75) is 0 Å². The van der Waals surface area contributed by atoms with Gasteiger partial charge in [0.1, 0.15) is 11.3 Å². The molecule has 3 rings (SSSR count). The van der Waals surface area contributed by atoms with Crippen LogP contribution in [0, 0.1) is 0 Å². The molecule has 0 spiro atoms. The van der Waals surface area contributed by atoms with Crippen molar-refractivity contribution in [1.82, 2.24) is 10.2 Å². The summed E-state index contributed by atoms with van der Waals surface area (Å²) in [6.45, 7) is 3.64. The Bertz CT molecular complexity index is 1020. The van der Waals surface area contributed by atoms with Crippen molar-refractivity contribution in [3.05, 3.63) is 78.4 Å². The topological polar surface area (TPSA) is 87.7 Å². The molecule has 0 unspecified atom stereocenters. The molecule has 2 aromatic rings. The Hall–Kier alpha value is -3.78. The van der Waals surface area contributed by atoms with Gasteiger partial charge in [-0.2, -0.15) is 0 Å². The molecule has 1 aliphatic rings. The van der Waals surface area contributed by atoms with Gasteiger partial charge in [0.2, 0.25) is 0 Å². The number of thiocarbonyl (C=S) groups is 1. The molecule has 1 saturated heterocycles. The maximum atomic E-state index is 12.5. The van der Waals surface area contributed by atoms with E-state index in [4.69, 9.17) is 17.0 Å². The Kier molecular flexibility index (Phi) is 6.71. The van der Waals surface area contributed by atoms with Gasteiger partial charge in [0.25, 0.3) is 17.7 Å². The molecule has 3 amide bonds. The molecule has 152 valence electrons. The highest BCUT2D eigenvalue weighted by Gasteiger charge is 2.32. The second-order valence-corrected chi connectivity index (χ2v) is 6.68. The van der Waals surface area contributed by atoms with E-state index in [0.29, 0.717) is 17.0 Å². The summed E-state index contributed by atoms with van der Waals surface area (Å²) in [6.07, 6.45) is 3.00. The van der Waals surface area contributed by atoms with Crippen molar-refractivity contribution in [1.29, 1.82) is 0 Å². The third-order valence-electron chi connectivity index (χ3n) is 4.12. The lowest BCUT2D eigenvalue weighted by molar-refractivity contribution is -0.128. The molecule has 0 radical (unpaired) electrons. The highest BCUT2D eigenvalue weighted by molar-refractivity contribution is 7.80. The van der Waals surface area contributed by atoms with Gasteiger partial charge in [-0.15, -0.1) is 6.58 Å². The first-order valence-corrected chi connectivity index (χ1v) is 9.46. The summed E-state index contributed by atoms with van der Waals surface area (Å²) in [7, 11) is 0. The van der Waals surface area contributed by atoms with Gasteiger partial charge < -0.3 is 10.1 Å². The molecule has 7 nitrogen and oxygen atoms in total. The fraction of sp³-hybridized carbons (Fsp3) is 0.0909. The Balaban J connectivity index is 1.63. The highest BCUT2D eigenvalue weighted by Crippen LogP contribution is 2.18. The fourth-order valence-electron chi connectivity index (χ4n) is 2.68. The van der Waals surface area contributed by atoms with Crippen LogP contribution in [0.4, 0.5) is 5.69 Å². The molecule has 30 heavy (non-hydrogen) atoms. The summed E-state index contributed by atoms with van der Waals surface area (Å²) in [5.74, 6) is -0.839. The van der Waals surface area contributed by atoms with Gasteiger partial charge in [0, 0.05) is 12.2 Å². The number of benzene rings is 2. The third kappa shape index (κ3) is 5.18. The molecule has 1 fully saturated rings. The van der Waals surface area contributed by atoms with E-state index in [1.807, 2.05) is 18.2 Å². The van der Waals surface area contributed by atoms with E-state index in [1.54, 1.807) is 36.4 Å². The quantitative estimate of drug-likeness (QED) is 0.310. The van der Waals surface area contributed by atoms with Crippen LogP contribution in [0.1, 0.15) is 5.56 Å². The first kappa shape index (κ1) is 20.9. The molecule has 0 aromatic heterocycles. The van der Waals surface area contributed by atoms with Crippen LogP contribution >= 0.6 is 12.2 Å². The SMILES string of the molecule is C=CCN1C(=O)/C(=C/c2ccc(OCC(=O)Nc3ccccc3)cc2)C(=O)NC1=S. The van der Waals surface area contributed by atoms with Crippen molar-refractivity contribution in [3.63, 3.8) is 0 Å². The van der Waals surface area contributed by atoms with Gasteiger partial charge in [-0.3, -0.25) is 24.6 Å². The fourth-order valence-corrected chi connectivity index (χ4v) is 2.93. The zero-order chi connectivity index (χ0) is 21.5. The van der Waals surface area contributed by atoms with E-state index in [2.05, 4.69) is 17.2 Å². The van der Waals surface area contributed by atoms with Crippen LogP contribution < -0.4 is 15.4 Å². The molecule has 1 aliphatic heterocycles. The summed E-state index contributed by atoms with van der Waals surface area (Å²) in [5, 5.41) is 5.27. The van der Waals surface area contributed by atoms with E-state index in [9.17, 15) is 14.4 Å². The van der Waals surface area contributed by atoms with Crippen molar-refractivity contribution in [3.8, 4) is 5.75 Å². The molecule has 0 saturated carbocycles. The normalized spacial score (nSPS) is 15.0. The largest absolute Gasteiger partial charge is 0.484 e. The van der Waals surface area contributed by atoms with E-state index in [1.165, 1.54) is 17.1 Å². The number of nitrogens with zero attached hydrogens (tertiary/aromatic N) is 1. The summed E-state index contributed by atoms with van der Waals surface area (Å²) < 4.78 is 5.47. The van der Waals surface area contributed by atoms with Crippen LogP contribution in [0.25, 0.3) is 6.08 Å². The first-order chi connectivity index (χ1) is 14.5. The number of amides is 3. The molecule has 8 heteroatoms. The third-order valence-corrected chi connectivity index (χ3v) is 4.44. The van der Waals surface area contributed by atoms with Gasteiger partial charge in [0.15, 0.2) is 11.7 Å². The number of para-hydroxylation sites is 1. The second kappa shape index (κ2) is 9.62. The number of nitrogens with one attached hydrogen (secondary N) is 2. The Morgan fingerprint density at radius 2 is 1.83 bits per heavy atom. The van der Waals surface area contributed by atoms with Crippen LogP contribution in [0.15, 0.2) is 72.8 Å². The lowest BCUT2D eigenvalue weighted by atomic mass is 10.1. The number of carbonyl (C=O) groups excluding carboxylic acids is 3. The Labute approximate surface area is 179 Å². The van der Waals surface area contributed by atoms with Crippen molar-refractivity contribution < 1.29 is 19.1 Å². The zero-order valence-corrected chi connectivity index (χ0v) is 16.8. The van der Waals surface area contributed by atoms with E-state index < -0.39 is 11.8 Å². The molecular weight excluding hydrogens is 402 g/mol. The number of hydrogen-bond acceptors (Lipinski definition) is 5. The highest BCUT2D eigenvalue weighted by atomic mass is 32.1. The monoisotopic (exact) mass is 421 g/mol. The smallest absolute Gasteiger partial charge is 0.265 e. The molecule has 1 heterocycles. The number of ether oxygens (including phenoxy) is 1. The maximum Gasteiger partial charge on any atom is 0.265 e. The number of anilines is 1. The molecule has 2 N–H and O–H groups in total. The standard InChI is InChI=1S/C22H19N3O4S/c1-2-12-25-21(28)18(20(27)24-22(25)30)13-15-8-10-17(11-9-15)29-14-19(26)23-16-6-4-3-5-7-16/h2-11,13H,1,12,14H2,(H,23,26)(H,24,27,30)/b18-13+. The van der Waals surface area contributed by atoms with Crippen LogP contribution in [-0.4, -0.2) is 40.9 Å². The number of hydrogen-bond donors (Lipinski definition) is 2. The van der Waals surface area contributed by atoms with Crippen LogP contribution in [0.2, 0.25) is 0 Å². The average Bonchev–Trinajstić information content (AvgIpc) is 2.74. The second-order valence-electron chi connectivity index (χ2n) is 6.29. The number of rotatable bonds is 7. The minimum Gasteiger partial charge on any atom is -0.484 e. The van der Waals surface area contributed by atoms with Gasteiger partial charge in [0.05, 0.1) is 0 Å². The maximum absolute atomic E-state index is 12.5. The Morgan fingerprint density at radius 3 is 2.50 bits per heavy atom. The van der Waals surface area contributed by atoms with Crippen LogP contribution in [-0.2, 0) is 14.4 Å².